The van der Waals surface area contributed by atoms with Crippen molar-refractivity contribution in [1.82, 2.24) is 4.90 Å². The van der Waals surface area contributed by atoms with Crippen LogP contribution in [0.15, 0.2) is 12.2 Å². The van der Waals surface area contributed by atoms with Gasteiger partial charge in [0, 0.05) is 13.5 Å². The van der Waals surface area contributed by atoms with Crippen LogP contribution in [0.25, 0.3) is 0 Å². The number of carbonyl (C=O) groups excluding carboxylic acids is 1. The zero-order valence-electron chi connectivity index (χ0n) is 16.5. The van der Waals surface area contributed by atoms with E-state index in [1.807, 2.05) is 0 Å². The molecule has 1 amide bonds. The number of allylic oxidation sites excluding steroid dienone is 2. The molecule has 0 fully saturated rings. The van der Waals surface area contributed by atoms with E-state index >= 15 is 0 Å². The van der Waals surface area contributed by atoms with Gasteiger partial charge in [0.1, 0.15) is 6.54 Å². The number of hydrogen-bond acceptors (Lipinski definition) is 2. The fourth-order valence-corrected chi connectivity index (χ4v) is 2.83. The largest absolute Gasteiger partial charge is 0.480 e. The number of aliphatic carboxylic acids is 1. The molecule has 4 nitrogen and oxygen atoms in total. The maximum Gasteiger partial charge on any atom is 0.323 e. The molecule has 0 bridgehead atoms. The van der Waals surface area contributed by atoms with Crippen LogP contribution < -0.4 is 0 Å². The molecule has 0 aromatic rings. The van der Waals surface area contributed by atoms with Gasteiger partial charge < -0.3 is 10.0 Å². The van der Waals surface area contributed by atoms with E-state index in [4.69, 9.17) is 5.11 Å². The van der Waals surface area contributed by atoms with Gasteiger partial charge in [0.05, 0.1) is 0 Å². The first-order valence-corrected chi connectivity index (χ1v) is 10.2. The molecule has 0 aliphatic rings. The number of likely N-dealkylation sites (N-methyl/N-ethyl adjacent to an activating group) is 1. The van der Waals surface area contributed by atoms with E-state index in [1.165, 1.54) is 75.5 Å². The van der Waals surface area contributed by atoms with Crippen molar-refractivity contribution in [3.05, 3.63) is 12.2 Å². The van der Waals surface area contributed by atoms with Crippen molar-refractivity contribution in [2.75, 3.05) is 13.6 Å². The van der Waals surface area contributed by atoms with Gasteiger partial charge in [-0.05, 0) is 32.1 Å². The molecule has 25 heavy (non-hydrogen) atoms. The number of unbranched alkanes of at least 4 members (excludes halogenated alkanes) is 11. The van der Waals surface area contributed by atoms with Crippen LogP contribution in [0.2, 0.25) is 0 Å². The molecule has 0 spiro atoms. The number of carboxylic acids is 1. The number of rotatable bonds is 17. The molecule has 0 aliphatic carbocycles. The second-order valence-electron chi connectivity index (χ2n) is 6.98. The summed E-state index contributed by atoms with van der Waals surface area (Å²) in [6.45, 7) is 2.04. The summed E-state index contributed by atoms with van der Waals surface area (Å²) >= 11 is 0. The van der Waals surface area contributed by atoms with Crippen molar-refractivity contribution in [3.63, 3.8) is 0 Å². The number of hydrogen-bond donors (Lipinski definition) is 1. The van der Waals surface area contributed by atoms with E-state index in [0.717, 1.165) is 12.8 Å². The van der Waals surface area contributed by atoms with Gasteiger partial charge in [0.15, 0.2) is 0 Å². The maximum atomic E-state index is 11.7. The summed E-state index contributed by atoms with van der Waals surface area (Å²) in [6.07, 6.45) is 21.1. The molecule has 4 heteroatoms. The number of carboxylic acid groups (broad SMARTS) is 1. The van der Waals surface area contributed by atoms with Crippen LogP contribution >= 0.6 is 0 Å². The summed E-state index contributed by atoms with van der Waals surface area (Å²) in [4.78, 5) is 23.5. The Morgan fingerprint density at radius 3 is 1.80 bits per heavy atom. The van der Waals surface area contributed by atoms with Crippen molar-refractivity contribution < 1.29 is 14.7 Å². The summed E-state index contributed by atoms with van der Waals surface area (Å²) < 4.78 is 0. The molecule has 1 N–H and O–H groups in total. The zero-order chi connectivity index (χ0) is 18.8. The molecule has 0 saturated heterocycles. The van der Waals surface area contributed by atoms with E-state index in [9.17, 15) is 9.59 Å². The average Bonchev–Trinajstić information content (AvgIpc) is 2.57. The van der Waals surface area contributed by atoms with Gasteiger partial charge in [-0.1, -0.05) is 70.4 Å². The minimum atomic E-state index is -0.956. The molecule has 0 unspecified atom stereocenters. The SMILES string of the molecule is CCCCCCC=CCCCCCCCCCC(=O)N(C)CC(=O)O. The topological polar surface area (TPSA) is 57.6 Å². The Morgan fingerprint density at radius 1 is 0.800 bits per heavy atom. The lowest BCUT2D eigenvalue weighted by molar-refractivity contribution is -0.143. The quantitative estimate of drug-likeness (QED) is 0.275. The lowest BCUT2D eigenvalue weighted by atomic mass is 10.1. The van der Waals surface area contributed by atoms with Crippen molar-refractivity contribution in [2.24, 2.45) is 0 Å². The smallest absolute Gasteiger partial charge is 0.323 e. The lowest BCUT2D eigenvalue weighted by Gasteiger charge is -2.14. The predicted molar refractivity (Wildman–Crippen MR) is 105 cm³/mol. The minimum absolute atomic E-state index is 0.0659. The van der Waals surface area contributed by atoms with Gasteiger partial charge in [0.25, 0.3) is 0 Å². The highest BCUT2D eigenvalue weighted by molar-refractivity contribution is 5.80. The zero-order valence-corrected chi connectivity index (χ0v) is 16.5. The first kappa shape index (κ1) is 23.7. The number of carbonyl (C=O) groups is 2. The highest BCUT2D eigenvalue weighted by Crippen LogP contribution is 2.11. The molecule has 0 saturated carbocycles. The maximum absolute atomic E-state index is 11.7. The molecular formula is C21H39NO3. The molecule has 0 aliphatic heterocycles. The average molecular weight is 354 g/mol. The first-order chi connectivity index (χ1) is 12.1. The van der Waals surface area contributed by atoms with Gasteiger partial charge in [0.2, 0.25) is 5.91 Å². The summed E-state index contributed by atoms with van der Waals surface area (Å²) in [7, 11) is 1.55. The monoisotopic (exact) mass is 353 g/mol. The Labute approximate surface area is 154 Å². The first-order valence-electron chi connectivity index (χ1n) is 10.2. The molecule has 0 radical (unpaired) electrons. The van der Waals surface area contributed by atoms with Crippen LogP contribution in [0.3, 0.4) is 0 Å². The lowest BCUT2D eigenvalue weighted by Crippen LogP contribution is -2.31. The van der Waals surface area contributed by atoms with Crippen LogP contribution in [0, 0.1) is 0 Å². The van der Waals surface area contributed by atoms with Gasteiger partial charge in [-0.3, -0.25) is 9.59 Å². The van der Waals surface area contributed by atoms with Gasteiger partial charge in [-0.2, -0.15) is 0 Å². The van der Waals surface area contributed by atoms with E-state index in [-0.39, 0.29) is 12.5 Å². The molecular weight excluding hydrogens is 314 g/mol. The highest BCUT2D eigenvalue weighted by atomic mass is 16.4. The highest BCUT2D eigenvalue weighted by Gasteiger charge is 2.10. The summed E-state index contributed by atoms with van der Waals surface area (Å²) in [5.74, 6) is -1.02. The summed E-state index contributed by atoms with van der Waals surface area (Å²) in [6, 6.07) is 0. The van der Waals surface area contributed by atoms with Gasteiger partial charge in [-0.15, -0.1) is 0 Å². The van der Waals surface area contributed by atoms with Crippen molar-refractivity contribution in [2.45, 2.75) is 96.8 Å². The van der Waals surface area contributed by atoms with E-state index in [1.54, 1.807) is 7.05 Å². The third kappa shape index (κ3) is 17.3. The van der Waals surface area contributed by atoms with E-state index < -0.39 is 5.97 Å². The van der Waals surface area contributed by atoms with E-state index in [0.29, 0.717) is 6.42 Å². The third-order valence-corrected chi connectivity index (χ3v) is 4.45. The van der Waals surface area contributed by atoms with Crippen molar-refractivity contribution >= 4 is 11.9 Å². The second-order valence-corrected chi connectivity index (χ2v) is 6.98. The fraction of sp³-hybridized carbons (Fsp3) is 0.810. The Balaban J connectivity index is 3.30. The molecule has 0 heterocycles. The number of nitrogens with zero attached hydrogens (tertiary/aromatic N) is 1. The Bertz CT molecular complexity index is 366. The minimum Gasteiger partial charge on any atom is -0.480 e. The Kier molecular flexibility index (Phi) is 16.6. The molecule has 0 atom stereocenters. The van der Waals surface area contributed by atoms with Crippen molar-refractivity contribution in [3.8, 4) is 0 Å². The second kappa shape index (κ2) is 17.5. The number of amides is 1. The summed E-state index contributed by atoms with van der Waals surface area (Å²) in [5, 5.41) is 8.64. The van der Waals surface area contributed by atoms with Crippen LogP contribution in [0.1, 0.15) is 96.8 Å². The van der Waals surface area contributed by atoms with E-state index in [2.05, 4.69) is 19.1 Å². The molecule has 146 valence electrons. The fourth-order valence-electron chi connectivity index (χ4n) is 2.83. The predicted octanol–water partition coefficient (Wildman–Crippen LogP) is 5.57. The van der Waals surface area contributed by atoms with Crippen LogP contribution in [0.4, 0.5) is 0 Å². The van der Waals surface area contributed by atoms with Gasteiger partial charge in [-0.25, -0.2) is 0 Å². The molecule has 0 rings (SSSR count). The van der Waals surface area contributed by atoms with Crippen LogP contribution in [0.5, 0.6) is 0 Å². The molecule has 0 aromatic carbocycles. The van der Waals surface area contributed by atoms with Crippen molar-refractivity contribution in [1.29, 1.82) is 0 Å². The normalized spacial score (nSPS) is 11.1. The standard InChI is InChI=1S/C21H39NO3/c1-3-4-5-6-7-8-9-10-11-12-13-14-15-16-17-18-20(23)22(2)19-21(24)25/h8-9H,3-7,10-19H2,1-2H3,(H,24,25). The Morgan fingerprint density at radius 2 is 1.28 bits per heavy atom. The summed E-state index contributed by atoms with van der Waals surface area (Å²) in [5.41, 5.74) is 0. The van der Waals surface area contributed by atoms with Crippen LogP contribution in [-0.4, -0.2) is 35.5 Å². The van der Waals surface area contributed by atoms with Crippen LogP contribution in [-0.2, 0) is 9.59 Å². The third-order valence-electron chi connectivity index (χ3n) is 4.45. The van der Waals surface area contributed by atoms with Gasteiger partial charge >= 0.3 is 5.97 Å². The molecule has 0 aromatic heterocycles. The Hall–Kier alpha value is -1.32.